The van der Waals surface area contributed by atoms with Crippen molar-refractivity contribution >= 4 is 11.6 Å². The molecule has 0 spiro atoms. The summed E-state index contributed by atoms with van der Waals surface area (Å²) in [5.74, 6) is 0.104. The van der Waals surface area contributed by atoms with Gasteiger partial charge in [0.25, 0.3) is 5.91 Å². The van der Waals surface area contributed by atoms with E-state index in [2.05, 4.69) is 0 Å². The van der Waals surface area contributed by atoms with E-state index in [9.17, 15) is 4.79 Å². The van der Waals surface area contributed by atoms with Crippen LogP contribution in [-0.2, 0) is 16.0 Å². The van der Waals surface area contributed by atoms with Gasteiger partial charge in [0.1, 0.15) is 6.10 Å². The highest BCUT2D eigenvalue weighted by Crippen LogP contribution is 2.33. The third-order valence-electron chi connectivity index (χ3n) is 3.50. The van der Waals surface area contributed by atoms with E-state index < -0.39 is 0 Å². The summed E-state index contributed by atoms with van der Waals surface area (Å²) in [4.78, 5) is 13.8. The highest BCUT2D eigenvalue weighted by molar-refractivity contribution is 6.00. The summed E-state index contributed by atoms with van der Waals surface area (Å²) in [6.07, 6.45) is 1.51. The Kier molecular flexibility index (Phi) is 2.61. The number of anilines is 1. The first kappa shape index (κ1) is 10.7. The van der Waals surface area contributed by atoms with Gasteiger partial charge >= 0.3 is 0 Å². The average molecular weight is 232 g/mol. The molecule has 90 valence electrons. The third kappa shape index (κ3) is 1.73. The van der Waals surface area contributed by atoms with Crippen LogP contribution in [0.2, 0.25) is 0 Å². The van der Waals surface area contributed by atoms with Crippen molar-refractivity contribution in [1.29, 1.82) is 0 Å². The molecule has 2 saturated heterocycles. The SMILES string of the molecule is NCCc1ccc(N2C(=O)C3CC2CO3)cc1. The summed E-state index contributed by atoms with van der Waals surface area (Å²) in [7, 11) is 0. The van der Waals surface area contributed by atoms with Crippen molar-refractivity contribution in [2.45, 2.75) is 25.0 Å². The van der Waals surface area contributed by atoms with Crippen LogP contribution >= 0.6 is 0 Å². The zero-order chi connectivity index (χ0) is 11.8. The van der Waals surface area contributed by atoms with Crippen LogP contribution in [0.15, 0.2) is 24.3 Å². The molecule has 0 aromatic heterocycles. The van der Waals surface area contributed by atoms with E-state index in [-0.39, 0.29) is 18.1 Å². The summed E-state index contributed by atoms with van der Waals surface area (Å²) in [5.41, 5.74) is 7.70. The summed E-state index contributed by atoms with van der Waals surface area (Å²) in [6, 6.07) is 8.32. The van der Waals surface area contributed by atoms with Gasteiger partial charge in [0.15, 0.2) is 0 Å². The number of amides is 1. The van der Waals surface area contributed by atoms with Gasteiger partial charge in [0.05, 0.1) is 12.6 Å². The Balaban J connectivity index is 1.82. The van der Waals surface area contributed by atoms with Crippen LogP contribution in [-0.4, -0.2) is 31.2 Å². The monoisotopic (exact) mass is 232 g/mol. The number of ether oxygens (including phenoxy) is 1. The first-order chi connectivity index (χ1) is 8.29. The lowest BCUT2D eigenvalue weighted by molar-refractivity contribution is -0.128. The van der Waals surface area contributed by atoms with E-state index in [1.807, 2.05) is 29.2 Å². The second-order valence-electron chi connectivity index (χ2n) is 4.62. The maximum atomic E-state index is 12.0. The molecule has 2 N–H and O–H groups in total. The van der Waals surface area contributed by atoms with Gasteiger partial charge in [-0.25, -0.2) is 0 Å². The first-order valence-electron chi connectivity index (χ1n) is 6.03. The molecule has 2 heterocycles. The second kappa shape index (κ2) is 4.13. The summed E-state index contributed by atoms with van der Waals surface area (Å²) >= 11 is 0. The van der Waals surface area contributed by atoms with Crippen molar-refractivity contribution in [1.82, 2.24) is 0 Å². The van der Waals surface area contributed by atoms with E-state index >= 15 is 0 Å². The molecule has 3 rings (SSSR count). The molecule has 2 fully saturated rings. The van der Waals surface area contributed by atoms with Crippen molar-refractivity contribution in [3.05, 3.63) is 29.8 Å². The largest absolute Gasteiger partial charge is 0.366 e. The minimum atomic E-state index is -0.205. The lowest BCUT2D eigenvalue weighted by atomic mass is 10.1. The number of hydrogen-bond acceptors (Lipinski definition) is 3. The number of hydrogen-bond donors (Lipinski definition) is 1. The van der Waals surface area contributed by atoms with Crippen molar-refractivity contribution in [3.8, 4) is 0 Å². The number of fused-ring (bicyclic) bond motifs is 2. The third-order valence-corrected chi connectivity index (χ3v) is 3.50. The first-order valence-corrected chi connectivity index (χ1v) is 6.03. The zero-order valence-corrected chi connectivity index (χ0v) is 9.63. The van der Waals surface area contributed by atoms with Gasteiger partial charge in [-0.15, -0.1) is 0 Å². The molecule has 0 aliphatic carbocycles. The number of benzene rings is 1. The van der Waals surface area contributed by atoms with Crippen LogP contribution in [0.25, 0.3) is 0 Å². The van der Waals surface area contributed by atoms with Crippen LogP contribution < -0.4 is 10.6 Å². The highest BCUT2D eigenvalue weighted by Gasteiger charge is 2.46. The Morgan fingerprint density at radius 1 is 1.35 bits per heavy atom. The van der Waals surface area contributed by atoms with Crippen LogP contribution in [0, 0.1) is 0 Å². The topological polar surface area (TPSA) is 55.6 Å². The van der Waals surface area contributed by atoms with Crippen LogP contribution in [0.3, 0.4) is 0 Å². The maximum absolute atomic E-state index is 12.0. The van der Waals surface area contributed by atoms with E-state index in [0.29, 0.717) is 13.2 Å². The molecule has 17 heavy (non-hydrogen) atoms. The smallest absolute Gasteiger partial charge is 0.256 e. The normalized spacial score (nSPS) is 26.9. The van der Waals surface area contributed by atoms with Gasteiger partial charge in [-0.2, -0.15) is 0 Å². The molecule has 0 saturated carbocycles. The van der Waals surface area contributed by atoms with Gasteiger partial charge < -0.3 is 15.4 Å². The fourth-order valence-electron chi connectivity index (χ4n) is 2.63. The van der Waals surface area contributed by atoms with Gasteiger partial charge in [0.2, 0.25) is 0 Å². The Bertz CT molecular complexity index is 430. The minimum absolute atomic E-state index is 0.104. The molecule has 2 unspecified atom stereocenters. The number of morpholine rings is 1. The van der Waals surface area contributed by atoms with Gasteiger partial charge in [-0.3, -0.25) is 4.79 Å². The predicted molar refractivity (Wildman–Crippen MR) is 64.8 cm³/mol. The fourth-order valence-corrected chi connectivity index (χ4v) is 2.63. The lowest BCUT2D eigenvalue weighted by Gasteiger charge is -2.27. The fraction of sp³-hybridized carbons (Fsp3) is 0.462. The Hall–Kier alpha value is -1.39. The summed E-state index contributed by atoms with van der Waals surface area (Å²) < 4.78 is 5.37. The van der Waals surface area contributed by atoms with Gasteiger partial charge in [-0.1, -0.05) is 12.1 Å². The van der Waals surface area contributed by atoms with Crippen LogP contribution in [0.4, 0.5) is 5.69 Å². The van der Waals surface area contributed by atoms with E-state index in [0.717, 1.165) is 18.5 Å². The molecule has 1 amide bonds. The molecule has 1 aromatic rings. The minimum Gasteiger partial charge on any atom is -0.366 e. The van der Waals surface area contributed by atoms with E-state index in [1.165, 1.54) is 5.56 Å². The molecule has 1 aromatic carbocycles. The maximum Gasteiger partial charge on any atom is 0.256 e. The van der Waals surface area contributed by atoms with Crippen LogP contribution in [0.1, 0.15) is 12.0 Å². The number of rotatable bonds is 3. The highest BCUT2D eigenvalue weighted by atomic mass is 16.5. The molecular weight excluding hydrogens is 216 g/mol. The van der Waals surface area contributed by atoms with Crippen LogP contribution in [0.5, 0.6) is 0 Å². The number of nitrogens with two attached hydrogens (primary N) is 1. The lowest BCUT2D eigenvalue weighted by Crippen LogP contribution is -2.41. The molecular formula is C13H16N2O2. The van der Waals surface area contributed by atoms with Crippen molar-refractivity contribution in [2.75, 3.05) is 18.1 Å². The molecule has 2 atom stereocenters. The molecule has 4 heteroatoms. The molecule has 4 nitrogen and oxygen atoms in total. The molecule has 2 aliphatic rings. The number of nitrogens with zero attached hydrogens (tertiary/aromatic N) is 1. The molecule has 0 radical (unpaired) electrons. The number of carbonyl (C=O) groups excluding carboxylic acids is 1. The Labute approximate surface area is 100 Å². The average Bonchev–Trinajstić information content (AvgIpc) is 2.91. The standard InChI is InChI=1S/C13H16N2O2/c14-6-5-9-1-3-10(4-2-9)15-11-7-12(13(15)16)17-8-11/h1-4,11-12H,5-8,14H2. The zero-order valence-electron chi connectivity index (χ0n) is 9.63. The Morgan fingerprint density at radius 2 is 2.12 bits per heavy atom. The van der Waals surface area contributed by atoms with Gasteiger partial charge in [-0.05, 0) is 30.7 Å². The molecule has 2 aliphatic heterocycles. The predicted octanol–water partition coefficient (Wildman–Crippen LogP) is 0.692. The van der Waals surface area contributed by atoms with Crippen molar-refractivity contribution < 1.29 is 9.53 Å². The van der Waals surface area contributed by atoms with E-state index in [1.54, 1.807) is 0 Å². The summed E-state index contributed by atoms with van der Waals surface area (Å²) in [6.45, 7) is 1.32. The number of carbonyl (C=O) groups is 1. The van der Waals surface area contributed by atoms with E-state index in [4.69, 9.17) is 10.5 Å². The van der Waals surface area contributed by atoms with Gasteiger partial charge in [0, 0.05) is 12.1 Å². The Morgan fingerprint density at radius 3 is 2.71 bits per heavy atom. The molecule has 2 bridgehead atoms. The van der Waals surface area contributed by atoms with Crippen molar-refractivity contribution in [3.63, 3.8) is 0 Å². The quantitative estimate of drug-likeness (QED) is 0.834. The van der Waals surface area contributed by atoms with Crippen molar-refractivity contribution in [2.24, 2.45) is 5.73 Å². The second-order valence-corrected chi connectivity index (χ2v) is 4.62. The summed E-state index contributed by atoms with van der Waals surface area (Å²) in [5, 5.41) is 0.